The minimum Gasteiger partial charge on any atom is -0.0750 e. The number of rotatable bonds is 1. The summed E-state index contributed by atoms with van der Waals surface area (Å²) in [6.45, 7) is 11.9. The molecule has 0 atom stereocenters. The van der Waals surface area contributed by atoms with Crippen molar-refractivity contribution in [1.82, 2.24) is 0 Å². The SMILES string of the molecule is CCC1=Cc2c3c(ccc2=C1)=C1C(=CC(C)(C)CC1(C)C)C3. The fraction of sp³-hybridized carbons (Fsp3) is 0.455. The Hall–Kier alpha value is -1.56. The number of hydrogen-bond donors (Lipinski definition) is 0. The second-order valence-corrected chi connectivity index (χ2v) is 8.58. The predicted molar refractivity (Wildman–Crippen MR) is 95.8 cm³/mol. The molecule has 22 heavy (non-hydrogen) atoms. The van der Waals surface area contributed by atoms with Crippen LogP contribution in [-0.4, -0.2) is 0 Å². The highest BCUT2D eigenvalue weighted by Crippen LogP contribution is 2.50. The van der Waals surface area contributed by atoms with E-state index in [2.05, 4.69) is 65.0 Å². The van der Waals surface area contributed by atoms with E-state index in [9.17, 15) is 0 Å². The Kier molecular flexibility index (Phi) is 2.72. The van der Waals surface area contributed by atoms with Crippen LogP contribution in [0.4, 0.5) is 0 Å². The first-order chi connectivity index (χ1) is 10.3. The predicted octanol–water partition coefficient (Wildman–Crippen LogP) is 4.36. The molecular weight excluding hydrogens is 264 g/mol. The average Bonchev–Trinajstić information content (AvgIpc) is 2.95. The fourth-order valence-corrected chi connectivity index (χ4v) is 5.16. The molecule has 3 aliphatic rings. The maximum Gasteiger partial charge on any atom is -0.00134 e. The van der Waals surface area contributed by atoms with Gasteiger partial charge in [-0.15, -0.1) is 0 Å². The second kappa shape index (κ2) is 4.25. The van der Waals surface area contributed by atoms with Crippen molar-refractivity contribution in [3.05, 3.63) is 50.9 Å². The maximum atomic E-state index is 2.54. The van der Waals surface area contributed by atoms with E-state index < -0.39 is 0 Å². The molecule has 0 heteroatoms. The van der Waals surface area contributed by atoms with Crippen LogP contribution in [0.3, 0.4) is 0 Å². The van der Waals surface area contributed by atoms with Crippen molar-refractivity contribution in [1.29, 1.82) is 0 Å². The van der Waals surface area contributed by atoms with Crippen LogP contribution in [-0.2, 0) is 6.42 Å². The Morgan fingerprint density at radius 3 is 2.55 bits per heavy atom. The van der Waals surface area contributed by atoms with Gasteiger partial charge >= 0.3 is 0 Å². The molecule has 1 aromatic rings. The molecule has 0 heterocycles. The normalized spacial score (nSPS) is 23.2. The molecule has 0 bridgehead atoms. The minimum absolute atomic E-state index is 0.271. The Bertz CT molecular complexity index is 854. The molecule has 4 rings (SSSR count). The first-order valence-electron chi connectivity index (χ1n) is 8.62. The van der Waals surface area contributed by atoms with Gasteiger partial charge in [-0.3, -0.25) is 0 Å². The fourth-order valence-electron chi connectivity index (χ4n) is 5.16. The molecule has 0 unspecified atom stereocenters. The van der Waals surface area contributed by atoms with Crippen LogP contribution in [0.15, 0.2) is 29.4 Å². The quantitative estimate of drug-likeness (QED) is 0.721. The van der Waals surface area contributed by atoms with Crippen LogP contribution in [0.1, 0.15) is 58.6 Å². The molecule has 0 aromatic heterocycles. The van der Waals surface area contributed by atoms with Crippen LogP contribution in [0.25, 0.3) is 17.7 Å². The van der Waals surface area contributed by atoms with E-state index in [0.29, 0.717) is 5.41 Å². The molecule has 0 spiro atoms. The van der Waals surface area contributed by atoms with Crippen LogP contribution in [0, 0.1) is 10.8 Å². The topological polar surface area (TPSA) is 0 Å². The summed E-state index contributed by atoms with van der Waals surface area (Å²) in [5, 5.41) is 2.94. The molecule has 0 radical (unpaired) electrons. The monoisotopic (exact) mass is 290 g/mol. The second-order valence-electron chi connectivity index (χ2n) is 8.58. The maximum absolute atomic E-state index is 2.54. The van der Waals surface area contributed by atoms with Crippen molar-refractivity contribution in [2.75, 3.05) is 0 Å². The van der Waals surface area contributed by atoms with E-state index in [1.54, 1.807) is 16.7 Å². The van der Waals surface area contributed by atoms with Crippen molar-refractivity contribution < 1.29 is 0 Å². The van der Waals surface area contributed by atoms with Crippen LogP contribution < -0.4 is 10.4 Å². The van der Waals surface area contributed by atoms with Crippen molar-refractivity contribution in [2.45, 2.75) is 53.9 Å². The van der Waals surface area contributed by atoms with E-state index in [0.717, 1.165) is 12.8 Å². The number of fused-ring (bicyclic) bond motifs is 4. The molecule has 3 aliphatic carbocycles. The summed E-state index contributed by atoms with van der Waals surface area (Å²) in [6, 6.07) is 4.71. The molecule has 1 aromatic carbocycles. The number of benzene rings is 1. The van der Waals surface area contributed by atoms with Crippen molar-refractivity contribution in [3.8, 4) is 0 Å². The molecule has 0 N–H and O–H groups in total. The highest BCUT2D eigenvalue weighted by molar-refractivity contribution is 5.81. The summed E-state index contributed by atoms with van der Waals surface area (Å²) >= 11 is 0. The molecular formula is C22H26. The van der Waals surface area contributed by atoms with Crippen LogP contribution >= 0.6 is 0 Å². The first kappa shape index (κ1) is 14.1. The third kappa shape index (κ3) is 1.89. The zero-order chi connectivity index (χ0) is 15.7. The summed E-state index contributed by atoms with van der Waals surface area (Å²) < 4.78 is 0. The molecule has 0 saturated heterocycles. The Labute approximate surface area is 133 Å². The summed E-state index contributed by atoms with van der Waals surface area (Å²) in [5.41, 5.74) is 8.31. The molecule has 114 valence electrons. The van der Waals surface area contributed by atoms with E-state index in [1.165, 1.54) is 28.0 Å². The van der Waals surface area contributed by atoms with E-state index in [-0.39, 0.29) is 5.41 Å². The van der Waals surface area contributed by atoms with Gasteiger partial charge in [-0.25, -0.2) is 0 Å². The zero-order valence-electron chi connectivity index (χ0n) is 14.5. The van der Waals surface area contributed by atoms with Gasteiger partial charge in [-0.05, 0) is 68.4 Å². The van der Waals surface area contributed by atoms with Gasteiger partial charge in [0.25, 0.3) is 0 Å². The van der Waals surface area contributed by atoms with Crippen LogP contribution in [0.5, 0.6) is 0 Å². The Morgan fingerprint density at radius 1 is 1.05 bits per heavy atom. The largest absolute Gasteiger partial charge is 0.0750 e. The number of hydrogen-bond acceptors (Lipinski definition) is 0. The molecule has 0 fully saturated rings. The molecule has 0 aliphatic heterocycles. The van der Waals surface area contributed by atoms with Crippen LogP contribution in [0.2, 0.25) is 0 Å². The lowest BCUT2D eigenvalue weighted by Crippen LogP contribution is -2.30. The molecule has 0 saturated carbocycles. The first-order valence-corrected chi connectivity index (χ1v) is 8.62. The van der Waals surface area contributed by atoms with Gasteiger partial charge in [0.1, 0.15) is 0 Å². The number of allylic oxidation sites excluding steroid dienone is 3. The highest BCUT2D eigenvalue weighted by atomic mass is 14.4. The van der Waals surface area contributed by atoms with Crippen molar-refractivity contribution in [2.24, 2.45) is 10.8 Å². The summed E-state index contributed by atoms with van der Waals surface area (Å²) in [7, 11) is 0. The lowest BCUT2D eigenvalue weighted by atomic mass is 9.64. The standard InChI is InChI=1S/C22H26/c1-6-14-9-15-7-8-17-19(18(15)10-14)11-16-12-21(2,3)13-22(4,5)20(16)17/h7-10,12H,6,11,13H2,1-5H3. The third-order valence-electron chi connectivity index (χ3n) is 5.57. The van der Waals surface area contributed by atoms with Gasteiger partial charge in [0.15, 0.2) is 0 Å². The highest BCUT2D eigenvalue weighted by Gasteiger charge is 2.40. The van der Waals surface area contributed by atoms with Crippen molar-refractivity contribution >= 4 is 17.7 Å². The lowest BCUT2D eigenvalue weighted by molar-refractivity contribution is 0.292. The van der Waals surface area contributed by atoms with Gasteiger partial charge in [-0.1, -0.05) is 65.0 Å². The summed E-state index contributed by atoms with van der Waals surface area (Å²) in [5.74, 6) is 0. The van der Waals surface area contributed by atoms with Gasteiger partial charge in [0.2, 0.25) is 0 Å². The smallest absolute Gasteiger partial charge is 0.00134 e. The van der Waals surface area contributed by atoms with Crippen molar-refractivity contribution in [3.63, 3.8) is 0 Å². The average molecular weight is 290 g/mol. The van der Waals surface area contributed by atoms with Gasteiger partial charge in [0.05, 0.1) is 0 Å². The van der Waals surface area contributed by atoms with E-state index >= 15 is 0 Å². The lowest BCUT2D eigenvalue weighted by Gasteiger charge is -2.40. The molecule has 0 amide bonds. The summed E-state index contributed by atoms with van der Waals surface area (Å²) in [4.78, 5) is 0. The zero-order valence-corrected chi connectivity index (χ0v) is 14.5. The van der Waals surface area contributed by atoms with E-state index in [1.807, 2.05) is 0 Å². The van der Waals surface area contributed by atoms with Gasteiger partial charge in [0, 0.05) is 0 Å². The minimum atomic E-state index is 0.271. The summed E-state index contributed by atoms with van der Waals surface area (Å²) in [6.07, 6.45) is 10.8. The Morgan fingerprint density at radius 2 is 1.82 bits per heavy atom. The van der Waals surface area contributed by atoms with E-state index in [4.69, 9.17) is 0 Å². The third-order valence-corrected chi connectivity index (χ3v) is 5.57. The Balaban J connectivity index is 2.02. The van der Waals surface area contributed by atoms with Gasteiger partial charge in [-0.2, -0.15) is 0 Å². The van der Waals surface area contributed by atoms with Gasteiger partial charge < -0.3 is 0 Å². The molecule has 0 nitrogen and oxygen atoms in total.